The van der Waals surface area contributed by atoms with Crippen LogP contribution < -0.4 is 9.64 Å². The highest BCUT2D eigenvalue weighted by molar-refractivity contribution is 5.88. The third-order valence-corrected chi connectivity index (χ3v) is 5.78. The summed E-state index contributed by atoms with van der Waals surface area (Å²) in [6.45, 7) is 6.46. The number of halogens is 3. The Hall–Kier alpha value is -3.48. The van der Waals surface area contributed by atoms with Crippen LogP contribution in [0, 0.1) is 0 Å². The molecule has 0 bridgehead atoms. The largest absolute Gasteiger partial charge is 0.573 e. The fraction of sp³-hybridized carbons (Fsp3) is 0.269. The summed E-state index contributed by atoms with van der Waals surface area (Å²) in [5.41, 5.74) is 5.36. The Morgan fingerprint density at radius 3 is 2.09 bits per heavy atom. The van der Waals surface area contributed by atoms with Crippen molar-refractivity contribution in [2.24, 2.45) is 0 Å². The van der Waals surface area contributed by atoms with Crippen LogP contribution in [-0.4, -0.2) is 23.5 Å². The lowest BCUT2D eigenvalue weighted by molar-refractivity contribution is -0.274. The zero-order valence-corrected chi connectivity index (χ0v) is 18.5. The van der Waals surface area contributed by atoms with Gasteiger partial charge in [0, 0.05) is 17.8 Å². The molecule has 0 aromatic heterocycles. The summed E-state index contributed by atoms with van der Waals surface area (Å²) >= 11 is 0. The number of anilines is 2. The van der Waals surface area contributed by atoms with Crippen LogP contribution in [0.2, 0.25) is 0 Å². The van der Waals surface area contributed by atoms with E-state index in [1.165, 1.54) is 29.8 Å². The van der Waals surface area contributed by atoms with Crippen molar-refractivity contribution < 1.29 is 27.8 Å². The van der Waals surface area contributed by atoms with E-state index in [0.717, 1.165) is 22.4 Å². The molecule has 0 spiro atoms. The molecule has 1 atom stereocenters. The molecule has 7 heteroatoms. The Balaban J connectivity index is 1.66. The van der Waals surface area contributed by atoms with Crippen molar-refractivity contribution in [3.05, 3.63) is 77.9 Å². The lowest BCUT2D eigenvalue weighted by atomic mass is 9.86. The summed E-state index contributed by atoms with van der Waals surface area (Å²) in [4.78, 5) is 13.6. The second-order valence-electron chi connectivity index (χ2n) is 9.14. The van der Waals surface area contributed by atoms with Crippen LogP contribution in [0.25, 0.3) is 11.1 Å². The molecule has 3 aromatic rings. The lowest BCUT2D eigenvalue weighted by Crippen LogP contribution is -2.35. The van der Waals surface area contributed by atoms with E-state index in [9.17, 15) is 23.1 Å². The number of carboxylic acid groups (broad SMARTS) is 1. The fourth-order valence-corrected chi connectivity index (χ4v) is 4.12. The van der Waals surface area contributed by atoms with Gasteiger partial charge in [-0.2, -0.15) is 0 Å². The summed E-state index contributed by atoms with van der Waals surface area (Å²) in [7, 11) is 0. The van der Waals surface area contributed by atoms with Crippen LogP contribution >= 0.6 is 0 Å². The zero-order valence-electron chi connectivity index (χ0n) is 18.5. The summed E-state index contributed by atoms with van der Waals surface area (Å²) in [6, 6.07) is 18.5. The number of alkyl halides is 3. The number of hydrogen-bond donors (Lipinski definition) is 1. The molecule has 0 aliphatic carbocycles. The summed E-state index contributed by atoms with van der Waals surface area (Å²) in [5.74, 6) is -1.36. The summed E-state index contributed by atoms with van der Waals surface area (Å²) in [5, 5.41) is 9.80. The molecule has 1 heterocycles. The maximum Gasteiger partial charge on any atom is 0.573 e. The first-order chi connectivity index (χ1) is 15.4. The van der Waals surface area contributed by atoms with Crippen molar-refractivity contribution in [2.45, 2.75) is 45.0 Å². The third kappa shape index (κ3) is 4.82. The minimum atomic E-state index is -4.78. The summed E-state index contributed by atoms with van der Waals surface area (Å²) in [6.07, 6.45) is -4.49. The van der Waals surface area contributed by atoms with Crippen molar-refractivity contribution in [3.8, 4) is 16.9 Å². The van der Waals surface area contributed by atoms with E-state index in [1.54, 1.807) is 4.90 Å². The second kappa shape index (κ2) is 8.14. The van der Waals surface area contributed by atoms with E-state index in [0.29, 0.717) is 12.1 Å². The fourth-order valence-electron chi connectivity index (χ4n) is 4.12. The van der Waals surface area contributed by atoms with Gasteiger partial charge in [0.15, 0.2) is 0 Å². The molecule has 0 radical (unpaired) electrons. The van der Waals surface area contributed by atoms with Gasteiger partial charge in [-0.1, -0.05) is 51.1 Å². The Kier molecular flexibility index (Phi) is 5.60. The number of hydrogen-bond acceptors (Lipinski definition) is 3. The minimum absolute atomic E-state index is 0.0480. The van der Waals surface area contributed by atoms with Gasteiger partial charge in [0.05, 0.1) is 0 Å². The molecule has 0 saturated heterocycles. The Morgan fingerprint density at radius 1 is 0.939 bits per heavy atom. The molecule has 33 heavy (non-hydrogen) atoms. The van der Waals surface area contributed by atoms with Crippen molar-refractivity contribution in [3.63, 3.8) is 0 Å². The highest BCUT2D eigenvalue weighted by Crippen LogP contribution is 2.41. The molecule has 0 fully saturated rings. The van der Waals surface area contributed by atoms with E-state index >= 15 is 0 Å². The second-order valence-corrected chi connectivity index (χ2v) is 9.14. The number of benzene rings is 3. The van der Waals surface area contributed by atoms with E-state index in [2.05, 4.69) is 49.8 Å². The van der Waals surface area contributed by atoms with Crippen molar-refractivity contribution >= 4 is 17.3 Å². The van der Waals surface area contributed by atoms with Gasteiger partial charge in [0.25, 0.3) is 0 Å². The molecule has 0 saturated carbocycles. The Morgan fingerprint density at radius 2 is 1.55 bits per heavy atom. The van der Waals surface area contributed by atoms with Crippen LogP contribution in [0.15, 0.2) is 66.7 Å². The number of carbonyl (C=O) groups is 1. The SMILES string of the molecule is CC(C)(C)c1ccc(-c2ccc3c(c2)CC(C(=O)O)N3c2ccc(OC(F)(F)F)cc2)cc1. The predicted octanol–water partition coefficient (Wildman–Crippen LogP) is 6.70. The molecule has 3 aromatic carbocycles. The van der Waals surface area contributed by atoms with E-state index in [4.69, 9.17) is 0 Å². The topological polar surface area (TPSA) is 49.8 Å². The highest BCUT2D eigenvalue weighted by atomic mass is 19.4. The lowest BCUT2D eigenvalue weighted by Gasteiger charge is -2.25. The molecular weight excluding hydrogens is 431 g/mol. The van der Waals surface area contributed by atoms with Crippen LogP contribution in [0.5, 0.6) is 5.75 Å². The number of rotatable bonds is 4. The first-order valence-corrected chi connectivity index (χ1v) is 10.5. The molecule has 0 amide bonds. The maximum atomic E-state index is 12.5. The molecule has 1 aliphatic rings. The Bertz CT molecular complexity index is 1160. The van der Waals surface area contributed by atoms with Gasteiger partial charge in [-0.25, -0.2) is 4.79 Å². The molecule has 172 valence electrons. The molecule has 4 rings (SSSR count). The first-order valence-electron chi connectivity index (χ1n) is 10.5. The van der Waals surface area contributed by atoms with Gasteiger partial charge in [-0.3, -0.25) is 0 Å². The summed E-state index contributed by atoms with van der Waals surface area (Å²) < 4.78 is 41.3. The smallest absolute Gasteiger partial charge is 0.480 e. The van der Waals surface area contributed by atoms with E-state index < -0.39 is 18.4 Å². The molecule has 1 aliphatic heterocycles. The number of fused-ring (bicyclic) bond motifs is 1. The highest BCUT2D eigenvalue weighted by Gasteiger charge is 2.36. The minimum Gasteiger partial charge on any atom is -0.480 e. The first kappa shape index (κ1) is 22.7. The standard InChI is InChI=1S/C26H24F3NO3/c1-25(2,3)19-7-4-16(5-8-19)17-6-13-22-18(14-17)15-23(24(31)32)30(22)20-9-11-21(12-10-20)33-26(27,28)29/h4-14,23H,15H2,1-3H3,(H,31,32). The molecule has 1 unspecified atom stereocenters. The average Bonchev–Trinajstić information content (AvgIpc) is 3.12. The number of carboxylic acids is 1. The third-order valence-electron chi connectivity index (χ3n) is 5.78. The van der Waals surface area contributed by atoms with Crippen LogP contribution in [0.4, 0.5) is 24.5 Å². The van der Waals surface area contributed by atoms with E-state index in [-0.39, 0.29) is 11.2 Å². The van der Waals surface area contributed by atoms with Crippen LogP contribution in [-0.2, 0) is 16.6 Å². The number of aliphatic carboxylic acids is 1. The van der Waals surface area contributed by atoms with Gasteiger partial charge in [0.2, 0.25) is 0 Å². The zero-order chi connectivity index (χ0) is 24.0. The molecule has 1 N–H and O–H groups in total. The predicted molar refractivity (Wildman–Crippen MR) is 121 cm³/mol. The molecular formula is C26H24F3NO3. The van der Waals surface area contributed by atoms with Crippen LogP contribution in [0.3, 0.4) is 0 Å². The maximum absolute atomic E-state index is 12.5. The monoisotopic (exact) mass is 455 g/mol. The van der Waals surface area contributed by atoms with Crippen molar-refractivity contribution in [2.75, 3.05) is 4.90 Å². The number of ether oxygens (including phenoxy) is 1. The van der Waals surface area contributed by atoms with Crippen molar-refractivity contribution in [1.29, 1.82) is 0 Å². The molecule has 4 nitrogen and oxygen atoms in total. The van der Waals surface area contributed by atoms with Gasteiger partial charge in [-0.05, 0) is 64.1 Å². The normalized spacial score (nSPS) is 15.9. The number of nitrogens with zero attached hydrogens (tertiary/aromatic N) is 1. The average molecular weight is 455 g/mol. The van der Waals surface area contributed by atoms with Gasteiger partial charge in [0.1, 0.15) is 11.8 Å². The quantitative estimate of drug-likeness (QED) is 0.476. The van der Waals surface area contributed by atoms with Crippen molar-refractivity contribution in [1.82, 2.24) is 0 Å². The van der Waals surface area contributed by atoms with Gasteiger partial charge < -0.3 is 14.7 Å². The van der Waals surface area contributed by atoms with Gasteiger partial charge >= 0.3 is 12.3 Å². The van der Waals surface area contributed by atoms with Gasteiger partial charge in [-0.15, -0.1) is 13.2 Å². The Labute approximate surface area is 190 Å². The van der Waals surface area contributed by atoms with E-state index in [1.807, 2.05) is 18.2 Å². The van der Waals surface area contributed by atoms with Crippen LogP contribution in [0.1, 0.15) is 31.9 Å².